The minimum atomic E-state index is 0.820. The van der Waals surface area contributed by atoms with Crippen molar-refractivity contribution in [1.82, 2.24) is 15.5 Å². The summed E-state index contributed by atoms with van der Waals surface area (Å²) in [7, 11) is 0. The van der Waals surface area contributed by atoms with Crippen LogP contribution in [0.25, 0.3) is 0 Å². The molecule has 0 fully saturated rings. The minimum Gasteiger partial charge on any atom is -0.466 e. The van der Waals surface area contributed by atoms with Crippen LogP contribution in [0, 0.1) is 13.8 Å². The summed E-state index contributed by atoms with van der Waals surface area (Å²) in [5.74, 6) is 1.96. The highest BCUT2D eigenvalue weighted by atomic mass is 16.3. The second-order valence-electron chi connectivity index (χ2n) is 3.65. The lowest BCUT2D eigenvalue weighted by molar-refractivity contribution is 0.499. The Labute approximate surface area is 88.7 Å². The van der Waals surface area contributed by atoms with E-state index in [0.717, 1.165) is 30.2 Å². The van der Waals surface area contributed by atoms with E-state index in [-0.39, 0.29) is 0 Å². The number of nitrogens with one attached hydrogen (secondary N) is 2. The number of rotatable bonds is 4. The first kappa shape index (κ1) is 9.98. The average molecular weight is 205 g/mol. The van der Waals surface area contributed by atoms with E-state index in [1.165, 1.54) is 5.56 Å². The number of hydrogen-bond donors (Lipinski definition) is 2. The molecule has 0 radical (unpaired) electrons. The minimum absolute atomic E-state index is 0.820. The highest BCUT2D eigenvalue weighted by Crippen LogP contribution is 2.13. The van der Waals surface area contributed by atoms with Crippen molar-refractivity contribution in [2.24, 2.45) is 0 Å². The first-order chi connectivity index (χ1) is 7.25. The summed E-state index contributed by atoms with van der Waals surface area (Å²) in [5, 5.41) is 10.0. The van der Waals surface area contributed by atoms with Crippen molar-refractivity contribution in [3.63, 3.8) is 0 Å². The van der Waals surface area contributed by atoms with Gasteiger partial charge in [0.05, 0.1) is 6.20 Å². The van der Waals surface area contributed by atoms with E-state index < -0.39 is 0 Å². The van der Waals surface area contributed by atoms with Crippen LogP contribution >= 0.6 is 0 Å². The Balaban J connectivity index is 1.86. The summed E-state index contributed by atoms with van der Waals surface area (Å²) in [5.41, 5.74) is 2.38. The quantitative estimate of drug-likeness (QED) is 0.801. The van der Waals surface area contributed by atoms with Gasteiger partial charge < -0.3 is 9.73 Å². The third-order valence-electron chi connectivity index (χ3n) is 2.34. The van der Waals surface area contributed by atoms with E-state index in [4.69, 9.17) is 4.42 Å². The van der Waals surface area contributed by atoms with Gasteiger partial charge in [0.2, 0.25) is 0 Å². The zero-order chi connectivity index (χ0) is 10.7. The predicted molar refractivity (Wildman–Crippen MR) is 57.3 cm³/mol. The summed E-state index contributed by atoms with van der Waals surface area (Å²) in [4.78, 5) is 0. The van der Waals surface area contributed by atoms with Crippen molar-refractivity contribution >= 4 is 0 Å². The Bertz CT molecular complexity index is 417. The van der Waals surface area contributed by atoms with Crippen molar-refractivity contribution in [3.8, 4) is 0 Å². The van der Waals surface area contributed by atoms with Gasteiger partial charge in [-0.2, -0.15) is 5.10 Å². The third-order valence-corrected chi connectivity index (χ3v) is 2.34. The van der Waals surface area contributed by atoms with E-state index >= 15 is 0 Å². The average Bonchev–Trinajstić information content (AvgIpc) is 2.77. The maximum Gasteiger partial charge on any atom is 0.105 e. The zero-order valence-corrected chi connectivity index (χ0v) is 9.00. The second-order valence-corrected chi connectivity index (χ2v) is 3.65. The number of furan rings is 1. The molecule has 2 aromatic heterocycles. The fourth-order valence-corrected chi connectivity index (χ4v) is 1.57. The largest absolute Gasteiger partial charge is 0.466 e. The first-order valence-corrected chi connectivity index (χ1v) is 5.00. The van der Waals surface area contributed by atoms with Gasteiger partial charge in [0, 0.05) is 30.4 Å². The first-order valence-electron chi connectivity index (χ1n) is 5.00. The zero-order valence-electron chi connectivity index (χ0n) is 9.00. The summed E-state index contributed by atoms with van der Waals surface area (Å²) < 4.78 is 5.44. The van der Waals surface area contributed by atoms with Crippen LogP contribution in [0.15, 0.2) is 22.9 Å². The highest BCUT2D eigenvalue weighted by Gasteiger charge is 2.03. The second kappa shape index (κ2) is 4.31. The Morgan fingerprint density at radius 3 is 2.87 bits per heavy atom. The van der Waals surface area contributed by atoms with Crippen molar-refractivity contribution in [2.45, 2.75) is 26.9 Å². The molecule has 0 amide bonds. The van der Waals surface area contributed by atoms with Gasteiger partial charge in [0.15, 0.2) is 0 Å². The van der Waals surface area contributed by atoms with Crippen LogP contribution < -0.4 is 5.32 Å². The summed E-state index contributed by atoms with van der Waals surface area (Å²) >= 11 is 0. The molecule has 2 heterocycles. The van der Waals surface area contributed by atoms with Gasteiger partial charge in [-0.25, -0.2) is 0 Å². The van der Waals surface area contributed by atoms with Gasteiger partial charge in [-0.1, -0.05) is 0 Å². The molecular weight excluding hydrogens is 190 g/mol. The van der Waals surface area contributed by atoms with Crippen molar-refractivity contribution in [2.75, 3.05) is 0 Å². The Morgan fingerprint density at radius 2 is 2.27 bits per heavy atom. The molecule has 0 atom stereocenters. The molecule has 2 rings (SSSR count). The van der Waals surface area contributed by atoms with Crippen molar-refractivity contribution < 1.29 is 4.42 Å². The number of aromatic amines is 1. The molecule has 0 aliphatic heterocycles. The molecule has 0 aliphatic rings. The van der Waals surface area contributed by atoms with Gasteiger partial charge in [0.25, 0.3) is 0 Å². The normalized spacial score (nSPS) is 10.8. The monoisotopic (exact) mass is 205 g/mol. The lowest BCUT2D eigenvalue weighted by Crippen LogP contribution is -2.12. The third kappa shape index (κ3) is 2.47. The molecule has 2 aromatic rings. The standard InChI is InChI=1S/C11H15N3O/c1-8-3-11(9(2)15-8)7-12-4-10-5-13-14-6-10/h3,5-6,12H,4,7H2,1-2H3,(H,13,14). The Hall–Kier alpha value is -1.55. The van der Waals surface area contributed by atoms with Crippen LogP contribution in [0.2, 0.25) is 0 Å². The van der Waals surface area contributed by atoms with Gasteiger partial charge in [-0.05, 0) is 19.9 Å². The highest BCUT2D eigenvalue weighted by molar-refractivity contribution is 5.19. The molecule has 4 heteroatoms. The van der Waals surface area contributed by atoms with Gasteiger partial charge in [0.1, 0.15) is 11.5 Å². The van der Waals surface area contributed by atoms with Crippen LogP contribution in [0.3, 0.4) is 0 Å². The lowest BCUT2D eigenvalue weighted by atomic mass is 10.2. The number of aromatic nitrogens is 2. The van der Waals surface area contributed by atoms with E-state index in [1.807, 2.05) is 26.2 Å². The molecule has 4 nitrogen and oxygen atoms in total. The smallest absolute Gasteiger partial charge is 0.105 e. The van der Waals surface area contributed by atoms with E-state index in [1.54, 1.807) is 0 Å². The lowest BCUT2D eigenvalue weighted by Gasteiger charge is -2.00. The Morgan fingerprint density at radius 1 is 1.40 bits per heavy atom. The fraction of sp³-hybridized carbons (Fsp3) is 0.364. The molecule has 0 aromatic carbocycles. The molecule has 0 spiro atoms. The fourth-order valence-electron chi connectivity index (χ4n) is 1.57. The number of hydrogen-bond acceptors (Lipinski definition) is 3. The van der Waals surface area contributed by atoms with E-state index in [2.05, 4.69) is 21.6 Å². The summed E-state index contributed by atoms with van der Waals surface area (Å²) in [6.45, 7) is 5.60. The molecule has 2 N–H and O–H groups in total. The number of nitrogens with zero attached hydrogens (tertiary/aromatic N) is 1. The SMILES string of the molecule is Cc1cc(CNCc2cn[nH]c2)c(C)o1. The van der Waals surface area contributed by atoms with Crippen LogP contribution in [0.4, 0.5) is 0 Å². The molecule has 0 unspecified atom stereocenters. The number of H-pyrrole nitrogens is 1. The van der Waals surface area contributed by atoms with E-state index in [0.29, 0.717) is 0 Å². The molecule has 15 heavy (non-hydrogen) atoms. The summed E-state index contributed by atoms with van der Waals surface area (Å²) in [6, 6.07) is 2.07. The molecular formula is C11H15N3O. The van der Waals surface area contributed by atoms with Crippen LogP contribution in [-0.2, 0) is 13.1 Å². The molecule has 0 saturated carbocycles. The molecule has 0 bridgehead atoms. The van der Waals surface area contributed by atoms with E-state index in [9.17, 15) is 0 Å². The van der Waals surface area contributed by atoms with Gasteiger partial charge >= 0.3 is 0 Å². The van der Waals surface area contributed by atoms with Crippen molar-refractivity contribution in [1.29, 1.82) is 0 Å². The maximum absolute atomic E-state index is 5.44. The molecule has 0 aliphatic carbocycles. The number of aryl methyl sites for hydroxylation is 2. The Kier molecular flexibility index (Phi) is 2.87. The summed E-state index contributed by atoms with van der Waals surface area (Å²) in [6.07, 6.45) is 3.71. The van der Waals surface area contributed by atoms with Crippen molar-refractivity contribution in [3.05, 3.63) is 41.1 Å². The molecule has 80 valence electrons. The van der Waals surface area contributed by atoms with Gasteiger partial charge in [-0.3, -0.25) is 5.10 Å². The van der Waals surface area contributed by atoms with Gasteiger partial charge in [-0.15, -0.1) is 0 Å². The maximum atomic E-state index is 5.44. The van der Waals surface area contributed by atoms with Crippen LogP contribution in [0.1, 0.15) is 22.6 Å². The van der Waals surface area contributed by atoms with Crippen LogP contribution in [0.5, 0.6) is 0 Å². The molecule has 0 saturated heterocycles. The van der Waals surface area contributed by atoms with Crippen LogP contribution in [-0.4, -0.2) is 10.2 Å². The predicted octanol–water partition coefficient (Wildman–Crippen LogP) is 1.91. The topological polar surface area (TPSA) is 53.9 Å².